The number of aromatic nitrogens is 2. The van der Waals surface area contributed by atoms with Gasteiger partial charge in [0.1, 0.15) is 5.75 Å². The van der Waals surface area contributed by atoms with Gasteiger partial charge in [-0.2, -0.15) is 4.31 Å². The van der Waals surface area contributed by atoms with E-state index < -0.39 is 21.8 Å². The van der Waals surface area contributed by atoms with Crippen molar-refractivity contribution in [1.29, 1.82) is 0 Å². The molecule has 0 aliphatic heterocycles. The summed E-state index contributed by atoms with van der Waals surface area (Å²) < 4.78 is 31.7. The summed E-state index contributed by atoms with van der Waals surface area (Å²) in [5, 5.41) is 10.4. The van der Waals surface area contributed by atoms with Gasteiger partial charge in [-0.3, -0.25) is 0 Å². The van der Waals surface area contributed by atoms with Crippen molar-refractivity contribution in [2.45, 2.75) is 11.0 Å². The quantitative estimate of drug-likeness (QED) is 0.597. The number of aliphatic hydroxyl groups excluding tert-OH is 1. The van der Waals surface area contributed by atoms with Crippen LogP contribution in [-0.4, -0.2) is 48.5 Å². The largest absolute Gasteiger partial charge is 0.497 e. The van der Waals surface area contributed by atoms with E-state index in [1.807, 2.05) is 0 Å². The molecule has 0 radical (unpaired) electrons. The van der Waals surface area contributed by atoms with Gasteiger partial charge < -0.3 is 19.8 Å². The number of hydrogen-bond donors (Lipinski definition) is 3. The number of hydrogen-bond acceptors (Lipinski definition) is 5. The Balaban J connectivity index is 1.84. The monoisotopic (exact) mass is 377 g/mol. The van der Waals surface area contributed by atoms with Crippen molar-refractivity contribution in [2.75, 3.05) is 20.7 Å². The SMILES string of the molecule is COc1cccc(C(O)CN(C)S(=O)(=O)c2ccc3[nH]c(=O)[nH]c3c2)c1. The third kappa shape index (κ3) is 3.50. The summed E-state index contributed by atoms with van der Waals surface area (Å²) in [6.45, 7) is -0.128. The molecular formula is C17H19N3O5S. The Morgan fingerprint density at radius 2 is 1.88 bits per heavy atom. The molecule has 0 aliphatic carbocycles. The highest BCUT2D eigenvalue weighted by Gasteiger charge is 2.24. The van der Waals surface area contributed by atoms with Crippen LogP contribution in [-0.2, 0) is 10.0 Å². The van der Waals surface area contributed by atoms with Gasteiger partial charge in [0, 0.05) is 13.6 Å². The predicted octanol–water partition coefficient (Wildman–Crippen LogP) is 1.22. The van der Waals surface area contributed by atoms with Crippen molar-refractivity contribution < 1.29 is 18.3 Å². The topological polar surface area (TPSA) is 115 Å². The van der Waals surface area contributed by atoms with E-state index in [-0.39, 0.29) is 11.4 Å². The number of sulfonamides is 1. The van der Waals surface area contributed by atoms with E-state index in [4.69, 9.17) is 4.74 Å². The van der Waals surface area contributed by atoms with Crippen molar-refractivity contribution in [3.05, 3.63) is 58.5 Å². The van der Waals surface area contributed by atoms with Crippen LogP contribution in [0.3, 0.4) is 0 Å². The summed E-state index contributed by atoms with van der Waals surface area (Å²) in [4.78, 5) is 16.4. The fourth-order valence-electron chi connectivity index (χ4n) is 2.65. The van der Waals surface area contributed by atoms with Crippen LogP contribution in [0.15, 0.2) is 52.2 Å². The second kappa shape index (κ2) is 6.94. The number of nitrogens with zero attached hydrogens (tertiary/aromatic N) is 1. The fraction of sp³-hybridized carbons (Fsp3) is 0.235. The lowest BCUT2D eigenvalue weighted by Crippen LogP contribution is -2.31. The lowest BCUT2D eigenvalue weighted by molar-refractivity contribution is 0.154. The Hall–Kier alpha value is -2.62. The van der Waals surface area contributed by atoms with Crippen LogP contribution in [0.1, 0.15) is 11.7 Å². The van der Waals surface area contributed by atoms with Crippen LogP contribution < -0.4 is 10.4 Å². The van der Waals surface area contributed by atoms with Gasteiger partial charge in [-0.1, -0.05) is 12.1 Å². The minimum absolute atomic E-state index is 0.0283. The molecule has 8 nitrogen and oxygen atoms in total. The summed E-state index contributed by atoms with van der Waals surface area (Å²) in [7, 11) is -0.925. The van der Waals surface area contributed by atoms with Crippen LogP contribution in [0.4, 0.5) is 0 Å². The standard InChI is InChI=1S/C17H19N3O5S/c1-20(10-16(21)11-4-3-5-12(8-11)25-2)26(23,24)13-6-7-14-15(9-13)19-17(22)18-14/h3-9,16,21H,10H2,1-2H3,(H2,18,19,22). The van der Waals surface area contributed by atoms with Crippen LogP contribution >= 0.6 is 0 Å². The third-order valence-electron chi connectivity index (χ3n) is 4.10. The van der Waals surface area contributed by atoms with E-state index in [9.17, 15) is 18.3 Å². The highest BCUT2D eigenvalue weighted by molar-refractivity contribution is 7.89. The lowest BCUT2D eigenvalue weighted by atomic mass is 10.1. The number of fused-ring (bicyclic) bond motifs is 1. The molecule has 1 atom stereocenters. The number of ether oxygens (including phenoxy) is 1. The average molecular weight is 377 g/mol. The summed E-state index contributed by atoms with van der Waals surface area (Å²) >= 11 is 0. The molecule has 2 aromatic carbocycles. The summed E-state index contributed by atoms with van der Waals surface area (Å²) in [5.41, 5.74) is 1.07. The molecule has 0 amide bonds. The van der Waals surface area contributed by atoms with Crippen molar-refractivity contribution in [3.63, 3.8) is 0 Å². The van der Waals surface area contributed by atoms with Gasteiger partial charge in [0.2, 0.25) is 10.0 Å². The maximum absolute atomic E-state index is 12.8. The zero-order chi connectivity index (χ0) is 18.9. The molecule has 0 spiro atoms. The predicted molar refractivity (Wildman–Crippen MR) is 96.7 cm³/mol. The molecular weight excluding hydrogens is 358 g/mol. The molecule has 0 saturated heterocycles. The van der Waals surface area contributed by atoms with Crippen LogP contribution in [0.5, 0.6) is 5.75 Å². The number of rotatable bonds is 6. The van der Waals surface area contributed by atoms with Crippen LogP contribution in [0.25, 0.3) is 11.0 Å². The highest BCUT2D eigenvalue weighted by Crippen LogP contribution is 2.23. The van der Waals surface area contributed by atoms with E-state index in [1.165, 1.54) is 32.4 Å². The van der Waals surface area contributed by atoms with E-state index >= 15 is 0 Å². The van der Waals surface area contributed by atoms with Gasteiger partial charge in [-0.25, -0.2) is 13.2 Å². The molecule has 0 fully saturated rings. The number of likely N-dealkylation sites (N-methyl/N-ethyl adjacent to an activating group) is 1. The smallest absolute Gasteiger partial charge is 0.323 e. The Bertz CT molecular complexity index is 1090. The molecule has 26 heavy (non-hydrogen) atoms. The molecule has 1 heterocycles. The van der Waals surface area contributed by atoms with Crippen molar-refractivity contribution in [2.24, 2.45) is 0 Å². The lowest BCUT2D eigenvalue weighted by Gasteiger charge is -2.21. The fourth-order valence-corrected chi connectivity index (χ4v) is 3.85. The molecule has 0 bridgehead atoms. The van der Waals surface area contributed by atoms with Crippen LogP contribution in [0.2, 0.25) is 0 Å². The first kappa shape index (κ1) is 18.2. The third-order valence-corrected chi connectivity index (χ3v) is 5.92. The molecule has 0 aliphatic rings. The normalized spacial score (nSPS) is 13.2. The summed E-state index contributed by atoms with van der Waals surface area (Å²) in [5.74, 6) is 0.578. The highest BCUT2D eigenvalue weighted by atomic mass is 32.2. The zero-order valence-electron chi connectivity index (χ0n) is 14.3. The Kier molecular flexibility index (Phi) is 4.86. The minimum Gasteiger partial charge on any atom is -0.497 e. The van der Waals surface area contributed by atoms with Gasteiger partial charge in [0.05, 0.1) is 29.1 Å². The summed E-state index contributed by atoms with van der Waals surface area (Å²) in [6, 6.07) is 11.1. The summed E-state index contributed by atoms with van der Waals surface area (Å²) in [6.07, 6.45) is -1.01. The molecule has 3 aromatic rings. The van der Waals surface area contributed by atoms with Gasteiger partial charge in [0.15, 0.2) is 0 Å². The first-order valence-corrected chi connectivity index (χ1v) is 9.25. The second-order valence-electron chi connectivity index (χ2n) is 5.86. The maximum Gasteiger partial charge on any atom is 0.323 e. The molecule has 3 N–H and O–H groups in total. The van der Waals surface area contributed by atoms with E-state index in [0.29, 0.717) is 22.3 Å². The number of nitrogens with one attached hydrogen (secondary N) is 2. The Morgan fingerprint density at radius 1 is 1.15 bits per heavy atom. The Labute approximate surface area is 150 Å². The number of methoxy groups -OCH3 is 1. The number of aromatic amines is 2. The van der Waals surface area contributed by atoms with Crippen molar-refractivity contribution >= 4 is 21.1 Å². The van der Waals surface area contributed by atoms with Gasteiger partial charge in [-0.05, 0) is 35.9 Å². The van der Waals surface area contributed by atoms with Crippen molar-refractivity contribution in [1.82, 2.24) is 14.3 Å². The van der Waals surface area contributed by atoms with Gasteiger partial charge in [-0.15, -0.1) is 0 Å². The Morgan fingerprint density at radius 3 is 2.62 bits per heavy atom. The maximum atomic E-state index is 12.8. The van der Waals surface area contributed by atoms with E-state index in [2.05, 4.69) is 9.97 Å². The first-order chi connectivity index (χ1) is 12.3. The number of H-pyrrole nitrogens is 2. The first-order valence-electron chi connectivity index (χ1n) is 7.81. The number of aliphatic hydroxyl groups is 1. The molecule has 3 rings (SSSR count). The molecule has 1 aromatic heterocycles. The zero-order valence-corrected chi connectivity index (χ0v) is 15.1. The van der Waals surface area contributed by atoms with E-state index in [1.54, 1.807) is 24.3 Å². The minimum atomic E-state index is -3.83. The second-order valence-corrected chi connectivity index (χ2v) is 7.91. The number of benzene rings is 2. The molecule has 1 unspecified atom stereocenters. The number of imidazole rings is 1. The van der Waals surface area contributed by atoms with Crippen molar-refractivity contribution in [3.8, 4) is 5.75 Å². The molecule has 9 heteroatoms. The van der Waals surface area contributed by atoms with E-state index in [0.717, 1.165) is 4.31 Å². The molecule has 138 valence electrons. The van der Waals surface area contributed by atoms with Crippen LogP contribution in [0, 0.1) is 0 Å². The molecule has 0 saturated carbocycles. The average Bonchev–Trinajstić information content (AvgIpc) is 3.00. The van der Waals surface area contributed by atoms with Gasteiger partial charge >= 0.3 is 5.69 Å². The van der Waals surface area contributed by atoms with Gasteiger partial charge in [0.25, 0.3) is 0 Å².